The molecule has 0 amide bonds. The van der Waals surface area contributed by atoms with Gasteiger partial charge >= 0.3 is 0 Å². The Labute approximate surface area is 679 Å². The fraction of sp³-hybridized carbons (Fsp3) is 0.189. The van der Waals surface area contributed by atoms with Crippen LogP contribution in [-0.4, -0.2) is 149 Å². The molecule has 27 heteroatoms. The van der Waals surface area contributed by atoms with Gasteiger partial charge in [-0.05, 0) is 96.8 Å². The van der Waals surface area contributed by atoms with E-state index in [1.807, 2.05) is 177 Å². The smallest absolute Gasteiger partial charge is 0.214 e. The van der Waals surface area contributed by atoms with Crippen LogP contribution < -0.4 is 47.9 Å². The summed E-state index contributed by atoms with van der Waals surface area (Å²) in [4.78, 5) is 47.3. The summed E-state index contributed by atoms with van der Waals surface area (Å²) in [6, 6.07) is 49.3. The van der Waals surface area contributed by atoms with Crippen LogP contribution >= 0.6 is 0 Å². The molecule has 9 heterocycles. The van der Waals surface area contributed by atoms with Crippen LogP contribution in [0.15, 0.2) is 220 Å². The number of hydrogen-bond acceptors (Lipinski definition) is 24. The number of rotatable bonds is 20. The van der Waals surface area contributed by atoms with E-state index in [1.165, 1.54) is 0 Å². The molecule has 0 saturated heterocycles. The topological polar surface area (TPSA) is 288 Å². The van der Waals surface area contributed by atoms with E-state index in [0.717, 1.165) is 107 Å². The van der Waals surface area contributed by atoms with Crippen molar-refractivity contribution in [2.75, 3.05) is 84.1 Å². The molecule has 15 aromatic rings. The maximum Gasteiger partial charge on any atom is 0.214 e. The molecule has 0 aliphatic rings. The number of pyridine rings is 3. The highest BCUT2D eigenvalue weighted by Gasteiger charge is 2.19. The fourth-order valence-electron chi connectivity index (χ4n) is 11.9. The van der Waals surface area contributed by atoms with Crippen molar-refractivity contribution in [3.05, 3.63) is 248 Å². The Morgan fingerprint density at radius 1 is 0.359 bits per heavy atom. The van der Waals surface area contributed by atoms with Crippen molar-refractivity contribution in [3.63, 3.8) is 0 Å². The average molecular weight is 1560 g/mol. The van der Waals surface area contributed by atoms with Gasteiger partial charge in [-0.1, -0.05) is 52.0 Å². The minimum absolute atomic E-state index is 0. The van der Waals surface area contributed by atoms with Crippen molar-refractivity contribution in [1.29, 1.82) is 5.26 Å². The lowest BCUT2D eigenvalue weighted by molar-refractivity contribution is 0.277. The van der Waals surface area contributed by atoms with E-state index in [9.17, 15) is 10.4 Å². The zero-order valence-electron chi connectivity index (χ0n) is 63.9. The first-order valence-corrected chi connectivity index (χ1v) is 35.4. The van der Waals surface area contributed by atoms with Gasteiger partial charge in [0.15, 0.2) is 0 Å². The molecule has 0 fully saturated rings. The van der Waals surface area contributed by atoms with Crippen LogP contribution in [0.5, 0.6) is 40.4 Å². The second-order valence-corrected chi connectivity index (χ2v) is 25.2. The van der Waals surface area contributed by atoms with Gasteiger partial charge in [0.05, 0.1) is 181 Å². The second kappa shape index (κ2) is 39.6. The third kappa shape index (κ3) is 21.0. The van der Waals surface area contributed by atoms with Crippen molar-refractivity contribution >= 4 is 67.2 Å². The lowest BCUT2D eigenvalue weighted by atomic mass is 10.2. The minimum atomic E-state index is -0.135. The highest BCUT2D eigenvalue weighted by atomic mass is 16.5. The van der Waals surface area contributed by atoms with E-state index < -0.39 is 0 Å². The number of aromatic nitrogens is 15. The predicted octanol–water partition coefficient (Wildman–Crippen LogP) is 15.2. The normalized spacial score (nSPS) is 10.2. The molecule has 0 aliphatic carbocycles. The van der Waals surface area contributed by atoms with Gasteiger partial charge in [-0.15, -0.1) is 0 Å². The maximum absolute atomic E-state index is 9.39. The molecular formula is C90H87N19O8. The van der Waals surface area contributed by atoms with E-state index >= 15 is 0 Å². The molecule has 9 aromatic heterocycles. The standard InChI is InChI=1S/C29H23N7O2.2C29H26N6O3.3CH4/c1-35-19-21(17-33-35)29-18-32-27-7-6-23(14-28(27)34-29)36(24-12-25(37-2)15-26(13-24)38-3)10-4-5-22-11-20(16-30)8-9-31-22;1-34-19-21(17-32-34)28-18-31-26-8-7-22(15-27(26)33-28)35(23-13-24(36-2)16-25(14-23)37-3)11-5-6-20-9-10-30-29(12-20)38-4;1-34-18-20(16-31-34)29-17-30-27-10-9-23(14-28(27)33-29)35(24-12-25(37-2)15-26(13-24)38-3)11-5-8-21-6-4-7-22(19-36)32-21;;;/h6-9,11-15,17-19H,10H2,1-3H3;7-10,12-19H,11H2,1-4H3;4,6-7,9-10,12-18,36H,11,19H2,1-3H3;3*1H4. The molecule has 590 valence electrons. The molecule has 117 heavy (non-hydrogen) atoms. The summed E-state index contributed by atoms with van der Waals surface area (Å²) in [6.07, 6.45) is 19.5. The lowest BCUT2D eigenvalue weighted by Gasteiger charge is -2.24. The third-order valence-corrected chi connectivity index (χ3v) is 17.6. The Bertz CT molecular complexity index is 5910. The number of methoxy groups -OCH3 is 7. The van der Waals surface area contributed by atoms with E-state index in [4.69, 9.17) is 48.1 Å². The van der Waals surface area contributed by atoms with Gasteiger partial charge in [-0.3, -0.25) is 29.0 Å². The number of benzene rings is 6. The molecule has 0 bridgehead atoms. The van der Waals surface area contributed by atoms with Crippen molar-refractivity contribution in [3.8, 4) is 116 Å². The van der Waals surface area contributed by atoms with Gasteiger partial charge in [0, 0.05) is 169 Å². The first-order chi connectivity index (χ1) is 55.7. The molecule has 27 nitrogen and oxygen atoms in total. The van der Waals surface area contributed by atoms with Crippen LogP contribution in [0.1, 0.15) is 50.5 Å². The van der Waals surface area contributed by atoms with E-state index in [-0.39, 0.29) is 28.9 Å². The van der Waals surface area contributed by atoms with Gasteiger partial charge in [-0.2, -0.15) is 20.6 Å². The Morgan fingerprint density at radius 3 is 1.09 bits per heavy atom. The molecule has 6 aromatic carbocycles. The van der Waals surface area contributed by atoms with Gasteiger partial charge < -0.3 is 53.0 Å². The number of nitriles is 1. The number of nitrogens with zero attached hydrogens (tertiary/aromatic N) is 19. The summed E-state index contributed by atoms with van der Waals surface area (Å²) in [5.41, 5.74) is 17.7. The number of fused-ring (bicyclic) bond motifs is 3. The fourth-order valence-corrected chi connectivity index (χ4v) is 11.9. The van der Waals surface area contributed by atoms with Crippen LogP contribution in [0.25, 0.3) is 66.9 Å². The van der Waals surface area contributed by atoms with E-state index in [2.05, 4.69) is 91.7 Å². The van der Waals surface area contributed by atoms with E-state index in [0.29, 0.717) is 82.7 Å². The Morgan fingerprint density at radius 2 is 0.735 bits per heavy atom. The first-order valence-electron chi connectivity index (χ1n) is 35.4. The third-order valence-electron chi connectivity index (χ3n) is 17.6. The molecule has 0 unspecified atom stereocenters. The number of aliphatic hydroxyl groups excluding tert-OH is 1. The zero-order valence-corrected chi connectivity index (χ0v) is 63.9. The quantitative estimate of drug-likeness (QED) is 0.0694. The summed E-state index contributed by atoms with van der Waals surface area (Å²) in [7, 11) is 16.9. The molecule has 0 spiro atoms. The number of ether oxygens (including phenoxy) is 7. The first kappa shape index (κ1) is 84.0. The Hall–Kier alpha value is -15.5. The summed E-state index contributed by atoms with van der Waals surface area (Å²) in [5, 5.41) is 31.3. The van der Waals surface area contributed by atoms with Crippen LogP contribution in [0.2, 0.25) is 0 Å². The molecule has 1 N–H and O–H groups in total. The van der Waals surface area contributed by atoms with Crippen LogP contribution in [0, 0.1) is 46.9 Å². The number of anilines is 6. The summed E-state index contributed by atoms with van der Waals surface area (Å²) >= 11 is 0. The average Bonchev–Trinajstić information content (AvgIpc) is 1.17. The molecular weight excluding hydrogens is 1480 g/mol. The molecule has 0 radical (unpaired) electrons. The van der Waals surface area contributed by atoms with Crippen LogP contribution in [-0.2, 0) is 27.7 Å². The van der Waals surface area contributed by atoms with Crippen molar-refractivity contribution in [1.82, 2.24) is 74.2 Å². The lowest BCUT2D eigenvalue weighted by Crippen LogP contribution is -2.17. The van der Waals surface area contributed by atoms with Crippen LogP contribution in [0.3, 0.4) is 0 Å². The number of aliphatic hydroxyl groups is 1. The molecule has 0 aliphatic heterocycles. The van der Waals surface area contributed by atoms with Crippen molar-refractivity contribution in [2.45, 2.75) is 28.9 Å². The predicted molar refractivity (Wildman–Crippen MR) is 456 cm³/mol. The Balaban J connectivity index is 0.000000183. The largest absolute Gasteiger partial charge is 0.497 e. The van der Waals surface area contributed by atoms with Gasteiger partial charge in [0.1, 0.15) is 45.9 Å². The number of hydrogen-bond donors (Lipinski definition) is 1. The summed E-state index contributed by atoms with van der Waals surface area (Å²) in [5.74, 6) is 23.6. The van der Waals surface area contributed by atoms with Crippen LogP contribution in [0.4, 0.5) is 34.1 Å². The molecule has 0 saturated carbocycles. The van der Waals surface area contributed by atoms with Gasteiger partial charge in [0.25, 0.3) is 0 Å². The maximum atomic E-state index is 9.39. The Kier molecular flexibility index (Phi) is 28.5. The summed E-state index contributed by atoms with van der Waals surface area (Å²) < 4.78 is 43.5. The second-order valence-electron chi connectivity index (χ2n) is 25.2. The zero-order chi connectivity index (χ0) is 79.5. The van der Waals surface area contributed by atoms with Gasteiger partial charge in [0.2, 0.25) is 5.88 Å². The SMILES string of the molecule is C.C.C.COc1cc(OC)cc(N(CC#Cc2cc(C#N)ccn2)c2ccc3ncc(-c4cnn(C)c4)nc3c2)c1.COc1cc(OC)cc(N(CC#Cc2cccc(CO)n2)c2ccc3ncc(-c4cnn(C)c4)nc3c2)c1.COc1cc(OC)cc(N(CC#Cc2ccnc(OC)c2)c2ccc3ncc(-c4cnn(C)c4)nc3c2)c1. The molecule has 15 rings (SSSR count). The van der Waals surface area contributed by atoms with Crippen molar-refractivity contribution in [2.24, 2.45) is 21.1 Å². The molecule has 0 atom stereocenters. The highest BCUT2D eigenvalue weighted by molar-refractivity contribution is 5.86. The highest BCUT2D eigenvalue weighted by Crippen LogP contribution is 2.38. The number of aryl methyl sites for hydroxylation is 3. The summed E-state index contributed by atoms with van der Waals surface area (Å²) in [6.45, 7) is 0.936. The van der Waals surface area contributed by atoms with Gasteiger partial charge in [-0.25, -0.2) is 29.9 Å². The minimum Gasteiger partial charge on any atom is -0.497 e. The van der Waals surface area contributed by atoms with Crippen molar-refractivity contribution < 1.29 is 38.3 Å². The van der Waals surface area contributed by atoms with E-state index in [1.54, 1.807) is 138 Å². The monoisotopic (exact) mass is 1560 g/mol.